The standard InChI is InChI=1S/C22H26N8O2/c1-4-23-9-10-31-17-6-8-21(24-12-17)32-16-5-7-19-18(11-16)22(26-14-25-19)28-20-13-27-30(29-20)15(2)3/h5-8,11-15,23H,4,9-10H2,1-3H3,(H,25,26,28,29). The molecule has 1 aromatic carbocycles. The maximum absolute atomic E-state index is 5.93. The number of ether oxygens (including phenoxy) is 2. The Morgan fingerprint density at radius 1 is 1.03 bits per heavy atom. The predicted octanol–water partition coefficient (Wildman–Crippen LogP) is 3.72. The molecule has 0 amide bonds. The first-order chi connectivity index (χ1) is 15.6. The van der Waals surface area contributed by atoms with Crippen molar-refractivity contribution in [2.45, 2.75) is 26.8 Å². The summed E-state index contributed by atoms with van der Waals surface area (Å²) in [5.41, 5.74) is 0.781. The molecular formula is C22H26N8O2. The number of hydrogen-bond acceptors (Lipinski definition) is 9. The number of anilines is 2. The Balaban J connectivity index is 1.48. The highest BCUT2D eigenvalue weighted by Crippen LogP contribution is 2.28. The zero-order valence-electron chi connectivity index (χ0n) is 18.3. The summed E-state index contributed by atoms with van der Waals surface area (Å²) in [6, 6.07) is 9.37. The molecule has 0 saturated carbocycles. The Labute approximate surface area is 186 Å². The van der Waals surface area contributed by atoms with Crippen molar-refractivity contribution in [3.63, 3.8) is 0 Å². The summed E-state index contributed by atoms with van der Waals surface area (Å²) in [7, 11) is 0. The van der Waals surface area contributed by atoms with E-state index in [-0.39, 0.29) is 6.04 Å². The number of nitrogens with zero attached hydrogens (tertiary/aromatic N) is 6. The third-order valence-corrected chi connectivity index (χ3v) is 4.55. The van der Waals surface area contributed by atoms with Gasteiger partial charge in [-0.3, -0.25) is 0 Å². The number of nitrogens with one attached hydrogen (secondary N) is 2. The van der Waals surface area contributed by atoms with Crippen LogP contribution in [0, 0.1) is 0 Å². The van der Waals surface area contributed by atoms with Crippen molar-refractivity contribution >= 4 is 22.5 Å². The quantitative estimate of drug-likeness (QED) is 0.361. The van der Waals surface area contributed by atoms with Crippen molar-refractivity contribution in [2.24, 2.45) is 0 Å². The molecule has 0 saturated heterocycles. The first-order valence-electron chi connectivity index (χ1n) is 10.5. The first-order valence-corrected chi connectivity index (χ1v) is 10.5. The number of benzene rings is 1. The number of hydrogen-bond donors (Lipinski definition) is 2. The lowest BCUT2D eigenvalue weighted by atomic mass is 10.2. The lowest BCUT2D eigenvalue weighted by molar-refractivity contribution is 0.313. The number of pyridine rings is 1. The van der Waals surface area contributed by atoms with Crippen LogP contribution in [-0.4, -0.2) is 49.6 Å². The third kappa shape index (κ3) is 5.27. The van der Waals surface area contributed by atoms with Crippen LogP contribution in [0.5, 0.6) is 17.4 Å². The molecule has 0 atom stereocenters. The summed E-state index contributed by atoms with van der Waals surface area (Å²) in [6.45, 7) is 8.39. The van der Waals surface area contributed by atoms with Gasteiger partial charge in [0.2, 0.25) is 5.88 Å². The van der Waals surface area contributed by atoms with Gasteiger partial charge in [-0.15, -0.1) is 5.10 Å². The topological polar surface area (TPSA) is 112 Å². The molecule has 0 radical (unpaired) electrons. The van der Waals surface area contributed by atoms with Gasteiger partial charge in [0.1, 0.15) is 30.3 Å². The van der Waals surface area contributed by atoms with Crippen molar-refractivity contribution in [1.82, 2.24) is 35.3 Å². The van der Waals surface area contributed by atoms with E-state index in [0.29, 0.717) is 35.6 Å². The molecular weight excluding hydrogens is 408 g/mol. The lowest BCUT2D eigenvalue weighted by Gasteiger charge is -2.10. The van der Waals surface area contributed by atoms with Crippen LogP contribution in [0.15, 0.2) is 49.1 Å². The van der Waals surface area contributed by atoms with Crippen LogP contribution in [0.25, 0.3) is 10.9 Å². The molecule has 3 heterocycles. The second-order valence-corrected chi connectivity index (χ2v) is 7.31. The molecule has 0 spiro atoms. The van der Waals surface area contributed by atoms with Crippen LogP contribution in [0.2, 0.25) is 0 Å². The molecule has 4 aromatic rings. The van der Waals surface area contributed by atoms with E-state index in [4.69, 9.17) is 9.47 Å². The summed E-state index contributed by atoms with van der Waals surface area (Å²) in [6.07, 6.45) is 4.82. The van der Waals surface area contributed by atoms with E-state index in [2.05, 4.69) is 42.7 Å². The Morgan fingerprint density at radius 3 is 2.66 bits per heavy atom. The van der Waals surface area contributed by atoms with E-state index in [1.165, 1.54) is 6.33 Å². The minimum atomic E-state index is 0.171. The van der Waals surface area contributed by atoms with Crippen LogP contribution in [0.1, 0.15) is 26.8 Å². The van der Waals surface area contributed by atoms with E-state index in [0.717, 1.165) is 24.0 Å². The molecule has 0 aliphatic carbocycles. The molecule has 2 N–H and O–H groups in total. The van der Waals surface area contributed by atoms with E-state index in [9.17, 15) is 0 Å². The van der Waals surface area contributed by atoms with Gasteiger partial charge in [-0.2, -0.15) is 9.90 Å². The van der Waals surface area contributed by atoms with Gasteiger partial charge in [-0.05, 0) is 44.7 Å². The molecule has 0 unspecified atom stereocenters. The van der Waals surface area contributed by atoms with Gasteiger partial charge in [-0.25, -0.2) is 15.0 Å². The SMILES string of the molecule is CCNCCOc1ccc(Oc2ccc3ncnc(Nc4cnn(C(C)C)n4)c3c2)nc1. The monoisotopic (exact) mass is 434 g/mol. The number of fused-ring (bicyclic) bond motifs is 1. The molecule has 32 heavy (non-hydrogen) atoms. The Kier molecular flexibility index (Phi) is 6.71. The molecule has 0 fully saturated rings. The minimum Gasteiger partial charge on any atom is -0.491 e. The summed E-state index contributed by atoms with van der Waals surface area (Å²) < 4.78 is 11.6. The van der Waals surface area contributed by atoms with Crippen molar-refractivity contribution in [1.29, 1.82) is 0 Å². The smallest absolute Gasteiger partial charge is 0.219 e. The fourth-order valence-corrected chi connectivity index (χ4v) is 2.95. The highest BCUT2D eigenvalue weighted by molar-refractivity contribution is 5.91. The van der Waals surface area contributed by atoms with Crippen LogP contribution >= 0.6 is 0 Å². The van der Waals surface area contributed by atoms with Gasteiger partial charge in [0, 0.05) is 18.0 Å². The second-order valence-electron chi connectivity index (χ2n) is 7.31. The fraction of sp³-hybridized carbons (Fsp3) is 0.318. The molecule has 10 nitrogen and oxygen atoms in total. The van der Waals surface area contributed by atoms with Crippen LogP contribution < -0.4 is 20.1 Å². The summed E-state index contributed by atoms with van der Waals surface area (Å²) in [5.74, 6) is 3.01. The van der Waals surface area contributed by atoms with Crippen molar-refractivity contribution in [3.8, 4) is 17.4 Å². The number of aromatic nitrogens is 6. The van der Waals surface area contributed by atoms with Gasteiger partial charge < -0.3 is 20.1 Å². The van der Waals surface area contributed by atoms with Gasteiger partial charge in [-0.1, -0.05) is 6.92 Å². The maximum Gasteiger partial charge on any atom is 0.219 e. The Hall–Kier alpha value is -3.79. The zero-order valence-corrected chi connectivity index (χ0v) is 18.3. The summed E-state index contributed by atoms with van der Waals surface area (Å²) in [5, 5.41) is 15.9. The average molecular weight is 435 g/mol. The van der Waals surface area contributed by atoms with E-state index < -0.39 is 0 Å². The van der Waals surface area contributed by atoms with Gasteiger partial charge in [0.15, 0.2) is 5.82 Å². The first kappa shape index (κ1) is 21.4. The zero-order chi connectivity index (χ0) is 22.3. The fourth-order valence-electron chi connectivity index (χ4n) is 2.95. The van der Waals surface area contributed by atoms with Crippen molar-refractivity contribution in [3.05, 3.63) is 49.1 Å². The third-order valence-electron chi connectivity index (χ3n) is 4.55. The normalized spacial score (nSPS) is 11.1. The van der Waals surface area contributed by atoms with E-state index >= 15 is 0 Å². The van der Waals surface area contributed by atoms with Crippen molar-refractivity contribution in [2.75, 3.05) is 25.0 Å². The Morgan fingerprint density at radius 2 is 1.91 bits per heavy atom. The van der Waals surface area contributed by atoms with Crippen LogP contribution in [-0.2, 0) is 0 Å². The highest BCUT2D eigenvalue weighted by atomic mass is 16.5. The second kappa shape index (κ2) is 10.0. The van der Waals surface area contributed by atoms with Gasteiger partial charge >= 0.3 is 0 Å². The van der Waals surface area contributed by atoms with Gasteiger partial charge in [0.05, 0.1) is 24.0 Å². The molecule has 166 valence electrons. The van der Waals surface area contributed by atoms with Crippen LogP contribution in [0.3, 0.4) is 0 Å². The molecule has 0 aliphatic heterocycles. The molecule has 4 rings (SSSR count). The molecule has 0 bridgehead atoms. The number of likely N-dealkylation sites (N-methyl/N-ethyl adjacent to an activating group) is 1. The molecule has 10 heteroatoms. The summed E-state index contributed by atoms with van der Waals surface area (Å²) in [4.78, 5) is 14.7. The highest BCUT2D eigenvalue weighted by Gasteiger charge is 2.10. The Bertz CT molecular complexity index is 1160. The predicted molar refractivity (Wildman–Crippen MR) is 122 cm³/mol. The van der Waals surface area contributed by atoms with Crippen molar-refractivity contribution < 1.29 is 9.47 Å². The number of rotatable bonds is 10. The molecule has 3 aromatic heterocycles. The largest absolute Gasteiger partial charge is 0.491 e. The maximum atomic E-state index is 5.93. The van der Waals surface area contributed by atoms with Crippen LogP contribution in [0.4, 0.5) is 11.6 Å². The summed E-state index contributed by atoms with van der Waals surface area (Å²) >= 11 is 0. The van der Waals surface area contributed by atoms with Gasteiger partial charge in [0.25, 0.3) is 0 Å². The van der Waals surface area contributed by atoms with E-state index in [1.807, 2.05) is 38.1 Å². The lowest BCUT2D eigenvalue weighted by Crippen LogP contribution is -2.20. The average Bonchev–Trinajstić information content (AvgIpc) is 3.27. The van der Waals surface area contributed by atoms with E-state index in [1.54, 1.807) is 23.3 Å². The minimum absolute atomic E-state index is 0.171. The molecule has 0 aliphatic rings.